The van der Waals surface area contributed by atoms with Crippen LogP contribution in [0.5, 0.6) is 11.5 Å². The molecule has 8 heteroatoms. The predicted molar refractivity (Wildman–Crippen MR) is 94.2 cm³/mol. The lowest BCUT2D eigenvalue weighted by atomic mass is 10.2. The fourth-order valence-corrected chi connectivity index (χ4v) is 3.17. The van der Waals surface area contributed by atoms with Gasteiger partial charge in [0.1, 0.15) is 16.4 Å². The SMILES string of the molecule is COc1ccc(N=Cc2cc(Cl)ccc2O)cc1S(=O)(=O)N(C)C. The maximum absolute atomic E-state index is 12.4. The number of benzene rings is 2. The number of aromatic hydroxyl groups is 1. The minimum Gasteiger partial charge on any atom is -0.507 e. The molecule has 0 bridgehead atoms. The zero-order chi connectivity index (χ0) is 17.9. The molecule has 1 N–H and O–H groups in total. The Morgan fingerprint density at radius 2 is 1.92 bits per heavy atom. The smallest absolute Gasteiger partial charge is 0.246 e. The first kappa shape index (κ1) is 18.3. The first-order valence-corrected chi connectivity index (χ1v) is 8.70. The molecule has 0 saturated heterocycles. The van der Waals surface area contributed by atoms with E-state index < -0.39 is 10.0 Å². The van der Waals surface area contributed by atoms with E-state index in [9.17, 15) is 13.5 Å². The van der Waals surface area contributed by atoms with E-state index in [1.54, 1.807) is 18.2 Å². The molecule has 0 aliphatic heterocycles. The Kier molecular flexibility index (Phi) is 5.48. The number of phenols is 1. The van der Waals surface area contributed by atoms with Gasteiger partial charge >= 0.3 is 0 Å². The molecule has 0 aliphatic carbocycles. The third kappa shape index (κ3) is 3.87. The van der Waals surface area contributed by atoms with Crippen molar-refractivity contribution in [2.75, 3.05) is 21.2 Å². The van der Waals surface area contributed by atoms with Crippen LogP contribution in [0.4, 0.5) is 5.69 Å². The molecule has 0 amide bonds. The summed E-state index contributed by atoms with van der Waals surface area (Å²) in [5.74, 6) is 0.256. The summed E-state index contributed by atoms with van der Waals surface area (Å²) < 4.78 is 31.0. The van der Waals surface area contributed by atoms with Gasteiger partial charge in [0.15, 0.2) is 0 Å². The standard InChI is InChI=1S/C16H17ClN2O4S/c1-19(2)24(21,22)16-9-13(5-7-15(16)23-3)18-10-11-8-12(17)4-6-14(11)20/h4-10,20H,1-3H3. The molecular weight excluding hydrogens is 352 g/mol. The summed E-state index contributed by atoms with van der Waals surface area (Å²) in [5.41, 5.74) is 0.825. The molecule has 0 radical (unpaired) electrons. The number of sulfonamides is 1. The van der Waals surface area contributed by atoms with Gasteiger partial charge in [0.2, 0.25) is 10.0 Å². The van der Waals surface area contributed by atoms with Gasteiger partial charge < -0.3 is 9.84 Å². The number of ether oxygens (including phenoxy) is 1. The van der Waals surface area contributed by atoms with Crippen LogP contribution in [0, 0.1) is 0 Å². The zero-order valence-corrected chi connectivity index (χ0v) is 15.0. The van der Waals surface area contributed by atoms with Crippen molar-refractivity contribution in [3.63, 3.8) is 0 Å². The van der Waals surface area contributed by atoms with Crippen LogP contribution in [-0.4, -0.2) is 45.2 Å². The summed E-state index contributed by atoms with van der Waals surface area (Å²) in [6.45, 7) is 0. The van der Waals surface area contributed by atoms with E-state index in [1.807, 2.05) is 0 Å². The van der Waals surface area contributed by atoms with Gasteiger partial charge in [-0.05, 0) is 36.4 Å². The van der Waals surface area contributed by atoms with Crippen molar-refractivity contribution in [3.8, 4) is 11.5 Å². The van der Waals surface area contributed by atoms with E-state index in [-0.39, 0.29) is 16.4 Å². The molecule has 6 nitrogen and oxygen atoms in total. The lowest BCUT2D eigenvalue weighted by Crippen LogP contribution is -2.22. The summed E-state index contributed by atoms with van der Waals surface area (Å²) in [7, 11) is 0.602. The molecule has 128 valence electrons. The molecule has 0 aromatic heterocycles. The normalized spacial score (nSPS) is 12.0. The Labute approximate surface area is 146 Å². The minimum atomic E-state index is -3.68. The first-order valence-electron chi connectivity index (χ1n) is 6.89. The fourth-order valence-electron chi connectivity index (χ4n) is 1.92. The summed E-state index contributed by atoms with van der Waals surface area (Å²) in [4.78, 5) is 4.22. The van der Waals surface area contributed by atoms with Gasteiger partial charge in [-0.25, -0.2) is 12.7 Å². The van der Waals surface area contributed by atoms with Crippen LogP contribution in [0.25, 0.3) is 0 Å². The molecule has 2 aromatic rings. The number of hydrogen-bond donors (Lipinski definition) is 1. The lowest BCUT2D eigenvalue weighted by molar-refractivity contribution is 0.400. The highest BCUT2D eigenvalue weighted by molar-refractivity contribution is 7.89. The molecule has 0 aliphatic rings. The lowest BCUT2D eigenvalue weighted by Gasteiger charge is -2.14. The van der Waals surface area contributed by atoms with E-state index in [0.29, 0.717) is 16.3 Å². The number of halogens is 1. The highest BCUT2D eigenvalue weighted by Gasteiger charge is 2.22. The number of aliphatic imine (C=N–C) groups is 1. The van der Waals surface area contributed by atoms with Gasteiger partial charge in [0.25, 0.3) is 0 Å². The summed E-state index contributed by atoms with van der Waals surface area (Å²) in [6, 6.07) is 9.13. The van der Waals surface area contributed by atoms with Crippen molar-refractivity contribution >= 4 is 33.5 Å². The molecule has 0 heterocycles. The van der Waals surface area contributed by atoms with E-state index in [2.05, 4.69) is 4.99 Å². The quantitative estimate of drug-likeness (QED) is 0.822. The largest absolute Gasteiger partial charge is 0.507 e. The van der Waals surface area contributed by atoms with Crippen LogP contribution in [-0.2, 0) is 10.0 Å². The molecule has 0 fully saturated rings. The average Bonchev–Trinajstić information content (AvgIpc) is 2.55. The molecular formula is C16H17ClN2O4S. The minimum absolute atomic E-state index is 0.0139. The maximum Gasteiger partial charge on any atom is 0.246 e. The third-order valence-corrected chi connectivity index (χ3v) is 5.32. The zero-order valence-electron chi connectivity index (χ0n) is 13.4. The van der Waals surface area contributed by atoms with Crippen LogP contribution in [0.3, 0.4) is 0 Å². The fraction of sp³-hybridized carbons (Fsp3) is 0.188. The number of rotatable bonds is 5. The predicted octanol–water partition coefficient (Wildman–Crippen LogP) is 3.06. The van der Waals surface area contributed by atoms with E-state index in [0.717, 1.165) is 4.31 Å². The molecule has 0 spiro atoms. The molecule has 2 rings (SSSR count). The van der Waals surface area contributed by atoms with Gasteiger partial charge in [-0.1, -0.05) is 11.6 Å². The number of methoxy groups -OCH3 is 1. The number of phenolic OH excluding ortho intramolecular Hbond substituents is 1. The van der Waals surface area contributed by atoms with Crippen molar-refractivity contribution in [1.82, 2.24) is 4.31 Å². The highest BCUT2D eigenvalue weighted by atomic mass is 35.5. The Balaban J connectivity index is 2.46. The first-order chi connectivity index (χ1) is 11.3. The van der Waals surface area contributed by atoms with Gasteiger partial charge in [-0.15, -0.1) is 0 Å². The van der Waals surface area contributed by atoms with Crippen LogP contribution in [0.15, 0.2) is 46.3 Å². The second kappa shape index (κ2) is 7.21. The summed E-state index contributed by atoms with van der Waals surface area (Å²) in [5, 5.41) is 10.2. The monoisotopic (exact) mass is 368 g/mol. The van der Waals surface area contributed by atoms with Crippen LogP contribution >= 0.6 is 11.6 Å². The Hall–Kier alpha value is -2.09. The number of nitrogens with zero attached hydrogens (tertiary/aromatic N) is 2. The average molecular weight is 369 g/mol. The second-order valence-corrected chi connectivity index (χ2v) is 7.64. The van der Waals surface area contributed by atoms with Crippen LogP contribution in [0.1, 0.15) is 5.56 Å². The van der Waals surface area contributed by atoms with Gasteiger partial charge in [-0.2, -0.15) is 0 Å². The third-order valence-electron chi connectivity index (χ3n) is 3.25. The molecule has 24 heavy (non-hydrogen) atoms. The molecule has 2 aromatic carbocycles. The highest BCUT2D eigenvalue weighted by Crippen LogP contribution is 2.30. The van der Waals surface area contributed by atoms with E-state index in [4.69, 9.17) is 16.3 Å². The topological polar surface area (TPSA) is 79.2 Å². The summed E-state index contributed by atoms with van der Waals surface area (Å²) >= 11 is 5.88. The van der Waals surface area contributed by atoms with Crippen LogP contribution in [0.2, 0.25) is 5.02 Å². The van der Waals surface area contributed by atoms with E-state index in [1.165, 1.54) is 45.6 Å². The molecule has 0 saturated carbocycles. The van der Waals surface area contributed by atoms with Crippen molar-refractivity contribution in [1.29, 1.82) is 0 Å². The summed E-state index contributed by atoms with van der Waals surface area (Å²) in [6.07, 6.45) is 1.41. The van der Waals surface area contributed by atoms with Crippen molar-refractivity contribution in [2.45, 2.75) is 4.90 Å². The Bertz CT molecular complexity index is 880. The van der Waals surface area contributed by atoms with Gasteiger partial charge in [0, 0.05) is 30.9 Å². The number of hydrogen-bond acceptors (Lipinski definition) is 5. The van der Waals surface area contributed by atoms with Crippen LogP contribution < -0.4 is 4.74 Å². The molecule has 0 unspecified atom stereocenters. The van der Waals surface area contributed by atoms with Crippen molar-refractivity contribution in [2.24, 2.45) is 4.99 Å². The van der Waals surface area contributed by atoms with Gasteiger partial charge in [-0.3, -0.25) is 4.99 Å². The molecule has 0 atom stereocenters. The Morgan fingerprint density at radius 3 is 2.54 bits per heavy atom. The second-order valence-electron chi connectivity index (χ2n) is 5.08. The van der Waals surface area contributed by atoms with Crippen molar-refractivity contribution in [3.05, 3.63) is 47.0 Å². The van der Waals surface area contributed by atoms with Crippen molar-refractivity contribution < 1.29 is 18.3 Å². The van der Waals surface area contributed by atoms with Gasteiger partial charge in [0.05, 0.1) is 12.8 Å². The van der Waals surface area contributed by atoms with E-state index >= 15 is 0 Å². The maximum atomic E-state index is 12.4. The Morgan fingerprint density at radius 1 is 1.21 bits per heavy atom.